The van der Waals surface area contributed by atoms with Crippen molar-refractivity contribution in [1.29, 1.82) is 5.26 Å². The molecule has 0 aliphatic carbocycles. The molecule has 148 valence electrons. The van der Waals surface area contributed by atoms with Crippen molar-refractivity contribution in [2.24, 2.45) is 5.92 Å². The standard InChI is InChI=1S/C19H27N3O5/c1-10(2)19(7,9-20)22-14(23)8-26-18(25)16-12(5)15(13(6)21-16)17(24)27-11(3)4/h10-11,21H,8H2,1-7H3,(H,22,23)/t19-/m1/s1. The van der Waals surface area contributed by atoms with E-state index in [1.54, 1.807) is 48.5 Å². The minimum Gasteiger partial charge on any atom is -0.459 e. The number of carbonyl (C=O) groups is 3. The van der Waals surface area contributed by atoms with Crippen molar-refractivity contribution in [3.63, 3.8) is 0 Å². The fourth-order valence-electron chi connectivity index (χ4n) is 2.36. The van der Waals surface area contributed by atoms with Gasteiger partial charge in [0.15, 0.2) is 6.61 Å². The minimum absolute atomic E-state index is 0.0860. The highest BCUT2D eigenvalue weighted by atomic mass is 16.5. The normalized spacial score (nSPS) is 13.0. The van der Waals surface area contributed by atoms with Crippen molar-refractivity contribution >= 4 is 17.8 Å². The summed E-state index contributed by atoms with van der Waals surface area (Å²) in [7, 11) is 0. The Morgan fingerprint density at radius 3 is 2.26 bits per heavy atom. The lowest BCUT2D eigenvalue weighted by Crippen LogP contribution is -2.50. The van der Waals surface area contributed by atoms with Gasteiger partial charge in [-0.05, 0) is 46.1 Å². The third-order valence-corrected chi connectivity index (χ3v) is 4.31. The molecule has 2 N–H and O–H groups in total. The summed E-state index contributed by atoms with van der Waals surface area (Å²) < 4.78 is 10.2. The molecule has 1 aromatic heterocycles. The number of rotatable bonds is 7. The number of amides is 1. The molecule has 1 rings (SSSR count). The molecule has 0 aliphatic heterocycles. The van der Waals surface area contributed by atoms with Gasteiger partial charge in [0.1, 0.15) is 11.2 Å². The van der Waals surface area contributed by atoms with Gasteiger partial charge in [-0.25, -0.2) is 9.59 Å². The van der Waals surface area contributed by atoms with E-state index in [4.69, 9.17) is 9.47 Å². The van der Waals surface area contributed by atoms with E-state index in [1.807, 2.05) is 6.07 Å². The molecule has 8 heteroatoms. The summed E-state index contributed by atoms with van der Waals surface area (Å²) in [6.45, 7) is 11.4. The van der Waals surface area contributed by atoms with E-state index >= 15 is 0 Å². The van der Waals surface area contributed by atoms with Crippen LogP contribution in [0.2, 0.25) is 0 Å². The molecule has 0 unspecified atom stereocenters. The Morgan fingerprint density at radius 1 is 1.19 bits per heavy atom. The highest BCUT2D eigenvalue weighted by Gasteiger charge is 2.31. The highest BCUT2D eigenvalue weighted by Crippen LogP contribution is 2.20. The third kappa shape index (κ3) is 5.33. The Kier molecular flexibility index (Phi) is 7.17. The molecule has 0 saturated heterocycles. The first-order valence-electron chi connectivity index (χ1n) is 8.72. The van der Waals surface area contributed by atoms with Gasteiger partial charge < -0.3 is 19.8 Å². The quantitative estimate of drug-likeness (QED) is 0.704. The Labute approximate surface area is 159 Å². The Balaban J connectivity index is 2.83. The van der Waals surface area contributed by atoms with Gasteiger partial charge in [-0.3, -0.25) is 4.79 Å². The molecule has 0 bridgehead atoms. The number of ether oxygens (including phenoxy) is 2. The summed E-state index contributed by atoms with van der Waals surface area (Å²) in [4.78, 5) is 39.3. The summed E-state index contributed by atoms with van der Waals surface area (Å²) in [5.74, 6) is -2.00. The molecule has 1 amide bonds. The SMILES string of the molecule is Cc1[nH]c(C(=O)OCC(=O)N[C@](C)(C#N)C(C)C)c(C)c1C(=O)OC(C)C. The van der Waals surface area contributed by atoms with Crippen LogP contribution in [-0.4, -0.2) is 41.1 Å². The zero-order valence-corrected chi connectivity index (χ0v) is 16.9. The number of aryl methyl sites for hydroxylation is 1. The molecule has 8 nitrogen and oxygen atoms in total. The predicted molar refractivity (Wildman–Crippen MR) is 98.1 cm³/mol. The maximum absolute atomic E-state index is 12.3. The van der Waals surface area contributed by atoms with E-state index in [0.29, 0.717) is 11.3 Å². The predicted octanol–water partition coefficient (Wildman–Crippen LogP) is 2.41. The molecule has 0 saturated carbocycles. The van der Waals surface area contributed by atoms with E-state index in [9.17, 15) is 19.6 Å². The van der Waals surface area contributed by atoms with Gasteiger partial charge in [0.05, 0.1) is 17.7 Å². The number of esters is 2. The molecule has 0 radical (unpaired) electrons. The number of carbonyl (C=O) groups excluding carboxylic acids is 3. The third-order valence-electron chi connectivity index (χ3n) is 4.31. The zero-order chi connectivity index (χ0) is 20.9. The summed E-state index contributed by atoms with van der Waals surface area (Å²) in [5.41, 5.74) is 0.176. The van der Waals surface area contributed by atoms with Crippen LogP contribution >= 0.6 is 0 Å². The lowest BCUT2D eigenvalue weighted by Gasteiger charge is -2.27. The zero-order valence-electron chi connectivity index (χ0n) is 16.9. The first-order valence-corrected chi connectivity index (χ1v) is 8.72. The van der Waals surface area contributed by atoms with Crippen LogP contribution in [0.15, 0.2) is 0 Å². The lowest BCUT2D eigenvalue weighted by molar-refractivity contribution is -0.125. The van der Waals surface area contributed by atoms with Crippen LogP contribution in [-0.2, 0) is 14.3 Å². The van der Waals surface area contributed by atoms with Crippen LogP contribution in [0.5, 0.6) is 0 Å². The van der Waals surface area contributed by atoms with Crippen molar-refractivity contribution < 1.29 is 23.9 Å². The summed E-state index contributed by atoms with van der Waals surface area (Å²) in [6.07, 6.45) is -0.291. The van der Waals surface area contributed by atoms with Gasteiger partial charge in [0.25, 0.3) is 5.91 Å². The average Bonchev–Trinajstić information content (AvgIpc) is 2.86. The van der Waals surface area contributed by atoms with Crippen molar-refractivity contribution in [3.05, 3.63) is 22.5 Å². The Morgan fingerprint density at radius 2 is 1.78 bits per heavy atom. The number of hydrogen-bond donors (Lipinski definition) is 2. The fourth-order valence-corrected chi connectivity index (χ4v) is 2.36. The molecule has 1 aromatic rings. The van der Waals surface area contributed by atoms with E-state index in [2.05, 4.69) is 10.3 Å². The van der Waals surface area contributed by atoms with Crippen LogP contribution < -0.4 is 5.32 Å². The largest absolute Gasteiger partial charge is 0.459 e. The van der Waals surface area contributed by atoms with Gasteiger partial charge in [-0.15, -0.1) is 0 Å². The van der Waals surface area contributed by atoms with Crippen LogP contribution in [0.1, 0.15) is 66.7 Å². The molecule has 1 atom stereocenters. The molecule has 0 aromatic carbocycles. The van der Waals surface area contributed by atoms with Crippen LogP contribution in [0.25, 0.3) is 0 Å². The highest BCUT2D eigenvalue weighted by molar-refractivity contribution is 5.99. The molecule has 27 heavy (non-hydrogen) atoms. The fraction of sp³-hybridized carbons (Fsp3) is 0.579. The first kappa shape index (κ1) is 22.2. The summed E-state index contributed by atoms with van der Waals surface area (Å²) in [5, 5.41) is 11.8. The van der Waals surface area contributed by atoms with Crippen molar-refractivity contribution in [2.75, 3.05) is 6.61 Å². The minimum atomic E-state index is -1.06. The van der Waals surface area contributed by atoms with Gasteiger partial charge in [-0.1, -0.05) is 13.8 Å². The number of nitrogens with one attached hydrogen (secondary N) is 2. The van der Waals surface area contributed by atoms with E-state index in [0.717, 1.165) is 0 Å². The maximum atomic E-state index is 12.3. The van der Waals surface area contributed by atoms with Gasteiger partial charge >= 0.3 is 11.9 Å². The number of aromatic nitrogens is 1. The number of nitriles is 1. The van der Waals surface area contributed by atoms with Gasteiger partial charge in [0.2, 0.25) is 0 Å². The maximum Gasteiger partial charge on any atom is 0.355 e. The van der Waals surface area contributed by atoms with Crippen molar-refractivity contribution in [3.8, 4) is 6.07 Å². The first-order chi connectivity index (χ1) is 12.4. The van der Waals surface area contributed by atoms with E-state index in [1.165, 1.54) is 0 Å². The second kappa shape index (κ2) is 8.71. The van der Waals surface area contributed by atoms with E-state index in [-0.39, 0.29) is 23.3 Å². The van der Waals surface area contributed by atoms with Crippen molar-refractivity contribution in [2.45, 2.75) is 60.1 Å². The number of nitrogens with zero attached hydrogens (tertiary/aromatic N) is 1. The number of H-pyrrole nitrogens is 1. The lowest BCUT2D eigenvalue weighted by atomic mass is 9.90. The van der Waals surface area contributed by atoms with E-state index < -0.39 is 30.0 Å². The number of aromatic amines is 1. The monoisotopic (exact) mass is 377 g/mol. The molecule has 0 fully saturated rings. The van der Waals surface area contributed by atoms with Crippen molar-refractivity contribution in [1.82, 2.24) is 10.3 Å². The second-order valence-electron chi connectivity index (χ2n) is 7.17. The molecule has 0 aliphatic rings. The Hall–Kier alpha value is -2.82. The van der Waals surface area contributed by atoms with Crippen LogP contribution in [0.3, 0.4) is 0 Å². The Bertz CT molecular complexity index is 773. The molecular weight excluding hydrogens is 350 g/mol. The molecule has 1 heterocycles. The van der Waals surface area contributed by atoms with Gasteiger partial charge in [0, 0.05) is 5.69 Å². The van der Waals surface area contributed by atoms with Crippen LogP contribution in [0, 0.1) is 31.1 Å². The van der Waals surface area contributed by atoms with Gasteiger partial charge in [-0.2, -0.15) is 5.26 Å². The average molecular weight is 377 g/mol. The number of hydrogen-bond acceptors (Lipinski definition) is 6. The smallest absolute Gasteiger partial charge is 0.355 e. The molecular formula is C19H27N3O5. The molecule has 0 spiro atoms. The summed E-state index contributed by atoms with van der Waals surface area (Å²) in [6, 6.07) is 2.05. The second-order valence-corrected chi connectivity index (χ2v) is 7.17. The summed E-state index contributed by atoms with van der Waals surface area (Å²) >= 11 is 0. The topological polar surface area (TPSA) is 121 Å². The van der Waals surface area contributed by atoms with Crippen LogP contribution in [0.4, 0.5) is 0 Å².